The number of carbonyl (C=O) groups excluding carboxylic acids is 3. The van der Waals surface area contributed by atoms with E-state index in [1.54, 1.807) is 30.3 Å². The van der Waals surface area contributed by atoms with Crippen LogP contribution < -0.4 is 14.8 Å². The van der Waals surface area contributed by atoms with Crippen molar-refractivity contribution in [3.8, 4) is 11.5 Å². The molecule has 0 aliphatic rings. The summed E-state index contributed by atoms with van der Waals surface area (Å²) < 4.78 is 20.3. The number of benzene rings is 2. The van der Waals surface area contributed by atoms with Crippen molar-refractivity contribution in [2.24, 2.45) is 0 Å². The summed E-state index contributed by atoms with van der Waals surface area (Å²) >= 11 is 0. The van der Waals surface area contributed by atoms with Gasteiger partial charge in [0.25, 0.3) is 5.91 Å². The molecule has 8 nitrogen and oxygen atoms in total. The molecule has 0 fully saturated rings. The third-order valence-corrected chi connectivity index (χ3v) is 3.90. The molecule has 154 valence electrons. The monoisotopic (exact) mass is 401 g/mol. The molecule has 1 amide bonds. The molecule has 0 heterocycles. The van der Waals surface area contributed by atoms with Gasteiger partial charge in [-0.25, -0.2) is 9.59 Å². The van der Waals surface area contributed by atoms with E-state index in [-0.39, 0.29) is 12.1 Å². The minimum absolute atomic E-state index is 0.231. The molecule has 8 heteroatoms. The standard InChI is InChI=1S/C21H23NO7/c1-4-28-18-11-16(9-10-17(18)26-2)21(25)29-13-19(23)22-12-14-5-7-15(8-6-14)20(24)27-3/h5-11H,4,12-13H2,1-3H3,(H,22,23). The van der Waals surface area contributed by atoms with Crippen LogP contribution in [0.15, 0.2) is 42.5 Å². The van der Waals surface area contributed by atoms with Crippen LogP contribution in [-0.4, -0.2) is 45.3 Å². The number of amides is 1. The average molecular weight is 401 g/mol. The first-order valence-corrected chi connectivity index (χ1v) is 8.90. The molecule has 2 rings (SSSR count). The highest BCUT2D eigenvalue weighted by Crippen LogP contribution is 2.28. The summed E-state index contributed by atoms with van der Waals surface area (Å²) in [5.41, 5.74) is 1.46. The first-order valence-electron chi connectivity index (χ1n) is 8.90. The van der Waals surface area contributed by atoms with Crippen LogP contribution in [0.4, 0.5) is 0 Å². The maximum absolute atomic E-state index is 12.2. The minimum atomic E-state index is -0.647. The molecule has 2 aromatic carbocycles. The van der Waals surface area contributed by atoms with Crippen LogP contribution in [0.25, 0.3) is 0 Å². The number of hydrogen-bond donors (Lipinski definition) is 1. The van der Waals surface area contributed by atoms with Crippen LogP contribution >= 0.6 is 0 Å². The predicted molar refractivity (Wildman–Crippen MR) is 104 cm³/mol. The summed E-state index contributed by atoms with van der Waals surface area (Å²) in [6, 6.07) is 11.2. The Morgan fingerprint density at radius 1 is 0.897 bits per heavy atom. The number of ether oxygens (including phenoxy) is 4. The Morgan fingerprint density at radius 3 is 2.21 bits per heavy atom. The van der Waals surface area contributed by atoms with Crippen LogP contribution in [0.5, 0.6) is 11.5 Å². The van der Waals surface area contributed by atoms with Gasteiger partial charge in [-0.2, -0.15) is 0 Å². The van der Waals surface area contributed by atoms with Crippen LogP contribution in [0, 0.1) is 0 Å². The lowest BCUT2D eigenvalue weighted by Gasteiger charge is -2.11. The van der Waals surface area contributed by atoms with E-state index in [9.17, 15) is 14.4 Å². The fourth-order valence-electron chi connectivity index (χ4n) is 2.41. The van der Waals surface area contributed by atoms with E-state index in [1.807, 2.05) is 6.92 Å². The van der Waals surface area contributed by atoms with Gasteiger partial charge in [-0.1, -0.05) is 12.1 Å². The van der Waals surface area contributed by atoms with Crippen molar-refractivity contribution >= 4 is 17.8 Å². The van der Waals surface area contributed by atoms with E-state index < -0.39 is 24.5 Å². The van der Waals surface area contributed by atoms with Gasteiger partial charge in [-0.3, -0.25) is 4.79 Å². The van der Waals surface area contributed by atoms with Gasteiger partial charge in [0, 0.05) is 6.54 Å². The Balaban J connectivity index is 1.85. The van der Waals surface area contributed by atoms with E-state index >= 15 is 0 Å². The molecule has 0 bridgehead atoms. The molecule has 1 N–H and O–H groups in total. The molecule has 0 saturated carbocycles. The number of esters is 2. The summed E-state index contributed by atoms with van der Waals surface area (Å²) in [5, 5.41) is 2.64. The Morgan fingerprint density at radius 2 is 1.59 bits per heavy atom. The second-order valence-corrected chi connectivity index (χ2v) is 5.84. The molecule has 0 aliphatic carbocycles. The van der Waals surface area contributed by atoms with Crippen LogP contribution in [-0.2, 0) is 20.8 Å². The SMILES string of the molecule is CCOc1cc(C(=O)OCC(=O)NCc2ccc(C(=O)OC)cc2)ccc1OC. The highest BCUT2D eigenvalue weighted by atomic mass is 16.5. The smallest absolute Gasteiger partial charge is 0.338 e. The van der Waals surface area contributed by atoms with Crippen molar-refractivity contribution in [1.82, 2.24) is 5.32 Å². The predicted octanol–water partition coefficient (Wildman–Crippen LogP) is 2.35. The van der Waals surface area contributed by atoms with Gasteiger partial charge in [0.2, 0.25) is 0 Å². The Hall–Kier alpha value is -3.55. The first kappa shape index (κ1) is 21.7. The lowest BCUT2D eigenvalue weighted by atomic mass is 10.1. The zero-order valence-corrected chi connectivity index (χ0v) is 16.5. The second-order valence-electron chi connectivity index (χ2n) is 5.84. The van der Waals surface area contributed by atoms with Crippen molar-refractivity contribution in [1.29, 1.82) is 0 Å². The molecule has 0 unspecified atom stereocenters. The lowest BCUT2D eigenvalue weighted by Crippen LogP contribution is -2.28. The number of nitrogens with one attached hydrogen (secondary N) is 1. The molecule has 0 aromatic heterocycles. The zero-order valence-electron chi connectivity index (χ0n) is 16.5. The van der Waals surface area contributed by atoms with Gasteiger partial charge in [0.1, 0.15) is 0 Å². The van der Waals surface area contributed by atoms with E-state index in [0.717, 1.165) is 5.56 Å². The molecule has 0 atom stereocenters. The van der Waals surface area contributed by atoms with Gasteiger partial charge in [0.15, 0.2) is 18.1 Å². The summed E-state index contributed by atoms with van der Waals surface area (Å²) in [6.45, 7) is 2.04. The highest BCUT2D eigenvalue weighted by Gasteiger charge is 2.14. The van der Waals surface area contributed by atoms with E-state index in [1.165, 1.54) is 26.4 Å². The maximum Gasteiger partial charge on any atom is 0.338 e. The normalized spacial score (nSPS) is 10.0. The third kappa shape index (κ3) is 6.24. The second kappa shape index (κ2) is 10.7. The molecule has 0 aliphatic heterocycles. The topological polar surface area (TPSA) is 100 Å². The minimum Gasteiger partial charge on any atom is -0.493 e. The van der Waals surface area contributed by atoms with Crippen molar-refractivity contribution in [2.75, 3.05) is 27.4 Å². The zero-order chi connectivity index (χ0) is 21.2. The van der Waals surface area contributed by atoms with Crippen molar-refractivity contribution in [3.05, 3.63) is 59.2 Å². The van der Waals surface area contributed by atoms with Crippen LogP contribution in [0.3, 0.4) is 0 Å². The number of methoxy groups -OCH3 is 2. The lowest BCUT2D eigenvalue weighted by molar-refractivity contribution is -0.124. The maximum atomic E-state index is 12.2. The summed E-state index contributed by atoms with van der Waals surface area (Å²) in [4.78, 5) is 35.5. The number of hydrogen-bond acceptors (Lipinski definition) is 7. The number of carbonyl (C=O) groups is 3. The van der Waals surface area contributed by atoms with Gasteiger partial charge in [-0.15, -0.1) is 0 Å². The van der Waals surface area contributed by atoms with E-state index in [4.69, 9.17) is 14.2 Å². The van der Waals surface area contributed by atoms with Gasteiger partial charge >= 0.3 is 11.9 Å². The fraction of sp³-hybridized carbons (Fsp3) is 0.286. The third-order valence-electron chi connectivity index (χ3n) is 3.90. The molecule has 0 spiro atoms. The largest absolute Gasteiger partial charge is 0.493 e. The molecule has 29 heavy (non-hydrogen) atoms. The number of rotatable bonds is 9. The van der Waals surface area contributed by atoms with Gasteiger partial charge < -0.3 is 24.3 Å². The summed E-state index contributed by atoms with van der Waals surface area (Å²) in [5.74, 6) is -0.609. The van der Waals surface area contributed by atoms with Crippen LogP contribution in [0.2, 0.25) is 0 Å². The van der Waals surface area contributed by atoms with E-state index in [2.05, 4.69) is 10.1 Å². The first-order chi connectivity index (χ1) is 14.0. The Bertz CT molecular complexity index is 862. The van der Waals surface area contributed by atoms with Gasteiger partial charge in [-0.05, 0) is 42.8 Å². The van der Waals surface area contributed by atoms with Crippen molar-refractivity contribution < 1.29 is 33.3 Å². The Labute approximate surface area is 168 Å². The quantitative estimate of drug-likeness (QED) is 0.644. The van der Waals surface area contributed by atoms with Crippen LogP contribution in [0.1, 0.15) is 33.2 Å². The fourth-order valence-corrected chi connectivity index (χ4v) is 2.41. The Kier molecular flexibility index (Phi) is 8.02. The molecular weight excluding hydrogens is 378 g/mol. The summed E-state index contributed by atoms with van der Waals surface area (Å²) in [7, 11) is 2.81. The van der Waals surface area contributed by atoms with Gasteiger partial charge in [0.05, 0.1) is 32.0 Å². The highest BCUT2D eigenvalue weighted by molar-refractivity contribution is 5.92. The molecule has 0 radical (unpaired) electrons. The molecular formula is C21H23NO7. The molecule has 0 saturated heterocycles. The van der Waals surface area contributed by atoms with Crippen molar-refractivity contribution in [3.63, 3.8) is 0 Å². The average Bonchev–Trinajstić information content (AvgIpc) is 2.76. The summed E-state index contributed by atoms with van der Waals surface area (Å²) in [6.07, 6.45) is 0. The van der Waals surface area contributed by atoms with E-state index in [0.29, 0.717) is 23.7 Å². The molecule has 2 aromatic rings. The van der Waals surface area contributed by atoms with Crippen molar-refractivity contribution in [2.45, 2.75) is 13.5 Å².